The molecule has 2 heterocycles. The number of amides is 1. The summed E-state index contributed by atoms with van der Waals surface area (Å²) < 4.78 is 1.73. The summed E-state index contributed by atoms with van der Waals surface area (Å²) >= 11 is 1.42. The number of hydrogen-bond acceptors (Lipinski definition) is 4. The molecule has 0 bridgehead atoms. The second-order valence-electron chi connectivity index (χ2n) is 4.57. The van der Waals surface area contributed by atoms with E-state index in [1.807, 2.05) is 20.2 Å². The zero-order valence-electron chi connectivity index (χ0n) is 12.0. The summed E-state index contributed by atoms with van der Waals surface area (Å²) in [6.07, 6.45) is 2.34. The molecule has 5 nitrogen and oxygen atoms in total. The fourth-order valence-corrected chi connectivity index (χ4v) is 2.58. The Balaban J connectivity index is 1.95. The largest absolute Gasteiger partial charge is 0.395 e. The first kappa shape index (κ1) is 15.3. The maximum absolute atomic E-state index is 12.1. The number of hydrogen-bond donors (Lipinski definition) is 2. The van der Waals surface area contributed by atoms with Crippen LogP contribution in [0.25, 0.3) is 0 Å². The van der Waals surface area contributed by atoms with E-state index in [1.165, 1.54) is 11.3 Å². The number of carbonyl (C=O) groups is 1. The van der Waals surface area contributed by atoms with Crippen molar-refractivity contribution in [3.63, 3.8) is 0 Å². The zero-order chi connectivity index (χ0) is 15.2. The van der Waals surface area contributed by atoms with Crippen molar-refractivity contribution in [3.8, 4) is 11.8 Å². The van der Waals surface area contributed by atoms with Crippen LogP contribution in [0.5, 0.6) is 0 Å². The molecule has 0 saturated heterocycles. The van der Waals surface area contributed by atoms with Crippen molar-refractivity contribution in [2.24, 2.45) is 7.05 Å². The average Bonchev–Trinajstić information content (AvgIpc) is 3.03. The van der Waals surface area contributed by atoms with E-state index in [-0.39, 0.29) is 12.5 Å². The minimum atomic E-state index is -0.121. The lowest BCUT2D eigenvalue weighted by molar-refractivity contribution is 0.0951. The van der Waals surface area contributed by atoms with Crippen LogP contribution in [0.1, 0.15) is 32.9 Å². The van der Waals surface area contributed by atoms with E-state index in [4.69, 9.17) is 5.11 Å². The second-order valence-corrected chi connectivity index (χ2v) is 5.48. The maximum Gasteiger partial charge on any atom is 0.252 e. The van der Waals surface area contributed by atoms with Gasteiger partial charge in [0.15, 0.2) is 0 Å². The molecular weight excluding hydrogens is 286 g/mol. The fourth-order valence-electron chi connectivity index (χ4n) is 1.83. The molecule has 21 heavy (non-hydrogen) atoms. The molecule has 0 aromatic carbocycles. The lowest BCUT2D eigenvalue weighted by Crippen LogP contribution is -2.22. The molecular formula is C15H17N3O2S. The quantitative estimate of drug-likeness (QED) is 0.840. The second kappa shape index (κ2) is 7.07. The summed E-state index contributed by atoms with van der Waals surface area (Å²) in [6, 6.07) is 1.76. The average molecular weight is 303 g/mol. The Hall–Kier alpha value is -2.10. The first-order valence-electron chi connectivity index (χ1n) is 6.55. The number of nitrogens with zero attached hydrogens (tertiary/aromatic N) is 2. The molecule has 0 aliphatic rings. The van der Waals surface area contributed by atoms with Gasteiger partial charge >= 0.3 is 0 Å². The number of thiophene rings is 1. The molecule has 0 unspecified atom stereocenters. The summed E-state index contributed by atoms with van der Waals surface area (Å²) in [5, 5.41) is 17.6. The van der Waals surface area contributed by atoms with E-state index in [0.717, 1.165) is 16.1 Å². The lowest BCUT2D eigenvalue weighted by Gasteiger charge is -2.02. The Morgan fingerprint density at radius 1 is 1.57 bits per heavy atom. The van der Waals surface area contributed by atoms with Gasteiger partial charge in [0.2, 0.25) is 0 Å². The first-order chi connectivity index (χ1) is 10.1. The monoisotopic (exact) mass is 303 g/mol. The van der Waals surface area contributed by atoms with E-state index in [2.05, 4.69) is 22.3 Å². The highest BCUT2D eigenvalue weighted by Crippen LogP contribution is 2.14. The summed E-state index contributed by atoms with van der Waals surface area (Å²) in [5.41, 5.74) is 2.53. The molecule has 0 atom stereocenters. The van der Waals surface area contributed by atoms with Crippen molar-refractivity contribution in [2.75, 3.05) is 6.61 Å². The Labute approximate surface area is 127 Å². The van der Waals surface area contributed by atoms with Crippen molar-refractivity contribution in [2.45, 2.75) is 19.9 Å². The highest BCUT2D eigenvalue weighted by atomic mass is 32.1. The molecule has 110 valence electrons. The third kappa shape index (κ3) is 4.18. The molecule has 2 N–H and O–H groups in total. The fraction of sp³-hybridized carbons (Fsp3) is 0.333. The summed E-state index contributed by atoms with van der Waals surface area (Å²) in [6.45, 7) is 2.43. The SMILES string of the molecule is Cc1nn(C)cc1CNC(=O)c1csc(C#CCCO)c1. The van der Waals surface area contributed by atoms with E-state index < -0.39 is 0 Å². The summed E-state index contributed by atoms with van der Waals surface area (Å²) in [5.74, 6) is 5.64. The van der Waals surface area contributed by atoms with Gasteiger partial charge < -0.3 is 10.4 Å². The van der Waals surface area contributed by atoms with Gasteiger partial charge in [-0.3, -0.25) is 9.48 Å². The Bertz CT molecular complexity index is 691. The van der Waals surface area contributed by atoms with E-state index in [1.54, 1.807) is 16.1 Å². The number of carbonyl (C=O) groups excluding carboxylic acids is 1. The van der Waals surface area contributed by atoms with Gasteiger partial charge in [0.05, 0.1) is 22.7 Å². The van der Waals surface area contributed by atoms with Crippen LogP contribution in [0.4, 0.5) is 0 Å². The molecule has 2 rings (SSSR count). The van der Waals surface area contributed by atoms with Gasteiger partial charge in [0.25, 0.3) is 5.91 Å². The number of aliphatic hydroxyl groups excluding tert-OH is 1. The van der Waals surface area contributed by atoms with Gasteiger partial charge in [-0.05, 0) is 13.0 Å². The zero-order valence-corrected chi connectivity index (χ0v) is 12.8. The van der Waals surface area contributed by atoms with Gasteiger partial charge in [-0.2, -0.15) is 5.10 Å². The van der Waals surface area contributed by atoms with Gasteiger partial charge in [0, 0.05) is 37.2 Å². The van der Waals surface area contributed by atoms with Crippen LogP contribution in [0.3, 0.4) is 0 Å². The Morgan fingerprint density at radius 2 is 2.38 bits per heavy atom. The van der Waals surface area contributed by atoms with Crippen LogP contribution < -0.4 is 5.32 Å². The highest BCUT2D eigenvalue weighted by molar-refractivity contribution is 7.10. The number of aryl methyl sites for hydroxylation is 2. The number of aromatic nitrogens is 2. The molecule has 0 fully saturated rings. The lowest BCUT2D eigenvalue weighted by atomic mass is 10.2. The summed E-state index contributed by atoms with van der Waals surface area (Å²) in [4.78, 5) is 12.9. The van der Waals surface area contributed by atoms with Crippen molar-refractivity contribution in [1.82, 2.24) is 15.1 Å². The van der Waals surface area contributed by atoms with E-state index >= 15 is 0 Å². The number of nitrogens with one attached hydrogen (secondary N) is 1. The van der Waals surface area contributed by atoms with E-state index in [0.29, 0.717) is 18.5 Å². The van der Waals surface area contributed by atoms with E-state index in [9.17, 15) is 4.79 Å². The third-order valence-electron chi connectivity index (χ3n) is 2.86. The van der Waals surface area contributed by atoms with Crippen molar-refractivity contribution >= 4 is 17.2 Å². The third-order valence-corrected chi connectivity index (χ3v) is 3.71. The maximum atomic E-state index is 12.1. The molecule has 1 amide bonds. The highest BCUT2D eigenvalue weighted by Gasteiger charge is 2.09. The van der Waals surface area contributed by atoms with Crippen LogP contribution in [-0.2, 0) is 13.6 Å². The Morgan fingerprint density at radius 3 is 3.05 bits per heavy atom. The molecule has 2 aromatic rings. The minimum absolute atomic E-state index is 0.0518. The summed E-state index contributed by atoms with van der Waals surface area (Å²) in [7, 11) is 1.86. The van der Waals surface area contributed by atoms with Gasteiger partial charge in [0.1, 0.15) is 0 Å². The van der Waals surface area contributed by atoms with Crippen LogP contribution in [0.2, 0.25) is 0 Å². The number of aliphatic hydroxyl groups is 1. The minimum Gasteiger partial charge on any atom is -0.395 e. The first-order valence-corrected chi connectivity index (χ1v) is 7.43. The molecule has 2 aromatic heterocycles. The standard InChI is InChI=1S/C15H17N3O2S/c1-11-13(9-18(2)17-11)8-16-15(20)12-7-14(21-10-12)5-3-4-6-19/h7,9-10,19H,4,6,8H2,1-2H3,(H,16,20). The van der Waals surface area contributed by atoms with Crippen molar-refractivity contribution in [1.29, 1.82) is 0 Å². The Kier molecular flexibility index (Phi) is 5.14. The van der Waals surface area contributed by atoms with Gasteiger partial charge in [-0.25, -0.2) is 0 Å². The van der Waals surface area contributed by atoms with Crippen LogP contribution in [-0.4, -0.2) is 27.4 Å². The molecule has 0 radical (unpaired) electrons. The molecule has 0 aliphatic heterocycles. The predicted octanol–water partition coefficient (Wildman–Crippen LogP) is 1.45. The molecule has 6 heteroatoms. The topological polar surface area (TPSA) is 67.2 Å². The molecule has 0 aliphatic carbocycles. The number of rotatable bonds is 4. The smallest absolute Gasteiger partial charge is 0.252 e. The van der Waals surface area contributed by atoms with Gasteiger partial charge in [-0.1, -0.05) is 11.8 Å². The van der Waals surface area contributed by atoms with Crippen molar-refractivity contribution < 1.29 is 9.90 Å². The van der Waals surface area contributed by atoms with Crippen LogP contribution in [0, 0.1) is 18.8 Å². The van der Waals surface area contributed by atoms with Crippen molar-refractivity contribution in [3.05, 3.63) is 39.3 Å². The molecule has 0 spiro atoms. The normalized spacial score (nSPS) is 10.0. The van der Waals surface area contributed by atoms with Gasteiger partial charge in [-0.15, -0.1) is 11.3 Å². The molecule has 0 saturated carbocycles. The van der Waals surface area contributed by atoms with Crippen LogP contribution in [0.15, 0.2) is 17.6 Å². The van der Waals surface area contributed by atoms with Crippen LogP contribution >= 0.6 is 11.3 Å². The predicted molar refractivity (Wildman–Crippen MR) is 82.0 cm³/mol.